The number of hydrogen-bond donors (Lipinski definition) is 4. The standard InChI is InChI=1S/C3H10N2O.C2H4O2/c4-1-3(6)2-5;1-2(3)4/h3,6H,1-2,4-5H2;1H3,(H,3,4). The first kappa shape index (κ1) is 12.1. The van der Waals surface area contributed by atoms with Crippen molar-refractivity contribution in [2.45, 2.75) is 13.0 Å². The zero-order chi connectivity index (χ0) is 8.57. The molecule has 0 saturated carbocycles. The fourth-order valence-corrected chi connectivity index (χ4v) is 0.0962. The van der Waals surface area contributed by atoms with E-state index < -0.39 is 12.1 Å². The number of aliphatic hydroxyl groups excluding tert-OH is 1. The molecule has 0 bridgehead atoms. The fourth-order valence-electron chi connectivity index (χ4n) is 0.0962. The third-order valence-corrected chi connectivity index (χ3v) is 0.544. The third-order valence-electron chi connectivity index (χ3n) is 0.544. The highest BCUT2D eigenvalue weighted by molar-refractivity contribution is 5.62. The molecule has 0 spiro atoms. The Morgan fingerprint density at radius 3 is 1.70 bits per heavy atom. The Morgan fingerprint density at radius 2 is 1.70 bits per heavy atom. The Labute approximate surface area is 59.6 Å². The summed E-state index contributed by atoms with van der Waals surface area (Å²) in [7, 11) is 0. The number of carbonyl (C=O) groups is 1. The molecule has 0 aliphatic carbocycles. The minimum absolute atomic E-state index is 0.260. The summed E-state index contributed by atoms with van der Waals surface area (Å²) in [5.41, 5.74) is 9.91. The molecule has 0 atom stereocenters. The van der Waals surface area contributed by atoms with Crippen LogP contribution >= 0.6 is 0 Å². The van der Waals surface area contributed by atoms with E-state index >= 15 is 0 Å². The monoisotopic (exact) mass is 150 g/mol. The fraction of sp³-hybridized carbons (Fsp3) is 0.800. The molecular formula is C5H14N2O3. The van der Waals surface area contributed by atoms with Crippen molar-refractivity contribution in [3.63, 3.8) is 0 Å². The van der Waals surface area contributed by atoms with E-state index in [0.717, 1.165) is 6.92 Å². The number of rotatable bonds is 2. The molecule has 0 aliphatic heterocycles. The Bertz CT molecular complexity index is 79.0. The predicted octanol–water partition coefficient (Wildman–Crippen LogP) is -1.64. The van der Waals surface area contributed by atoms with Gasteiger partial charge in [0.15, 0.2) is 0 Å². The SMILES string of the molecule is CC(=O)O.NCC(O)CN. The summed E-state index contributed by atoms with van der Waals surface area (Å²) in [6.07, 6.45) is -0.509. The van der Waals surface area contributed by atoms with Crippen molar-refractivity contribution in [3.05, 3.63) is 0 Å². The smallest absolute Gasteiger partial charge is 0.300 e. The highest BCUT2D eigenvalue weighted by atomic mass is 16.4. The minimum Gasteiger partial charge on any atom is -0.481 e. The highest BCUT2D eigenvalue weighted by Gasteiger charge is 1.91. The maximum absolute atomic E-state index is 9.00. The number of nitrogens with two attached hydrogens (primary N) is 2. The molecule has 0 fully saturated rings. The van der Waals surface area contributed by atoms with Gasteiger partial charge < -0.3 is 21.7 Å². The predicted molar refractivity (Wildman–Crippen MR) is 37.4 cm³/mol. The van der Waals surface area contributed by atoms with E-state index in [1.807, 2.05) is 0 Å². The largest absolute Gasteiger partial charge is 0.481 e. The first-order valence-corrected chi connectivity index (χ1v) is 2.82. The average Bonchev–Trinajstić information content (AvgIpc) is 1.85. The van der Waals surface area contributed by atoms with Gasteiger partial charge in [0.05, 0.1) is 6.10 Å². The molecule has 0 aromatic carbocycles. The number of aliphatic carboxylic acids is 1. The summed E-state index contributed by atoms with van der Waals surface area (Å²) >= 11 is 0. The maximum Gasteiger partial charge on any atom is 0.300 e. The van der Waals surface area contributed by atoms with E-state index in [1.54, 1.807) is 0 Å². The molecule has 0 heterocycles. The Morgan fingerprint density at radius 1 is 1.50 bits per heavy atom. The van der Waals surface area contributed by atoms with Crippen LogP contribution in [0.3, 0.4) is 0 Å². The lowest BCUT2D eigenvalue weighted by molar-refractivity contribution is -0.134. The molecule has 62 valence electrons. The van der Waals surface area contributed by atoms with E-state index in [9.17, 15) is 0 Å². The Kier molecular flexibility index (Phi) is 10.1. The van der Waals surface area contributed by atoms with Gasteiger partial charge in [0.25, 0.3) is 5.97 Å². The molecule has 0 saturated heterocycles. The summed E-state index contributed by atoms with van der Waals surface area (Å²) in [5.74, 6) is -0.833. The zero-order valence-electron chi connectivity index (χ0n) is 5.95. The number of hydrogen-bond acceptors (Lipinski definition) is 4. The lowest BCUT2D eigenvalue weighted by Crippen LogP contribution is -2.27. The first-order valence-electron chi connectivity index (χ1n) is 2.82. The first-order chi connectivity index (χ1) is 4.54. The van der Waals surface area contributed by atoms with Crippen LogP contribution in [0.25, 0.3) is 0 Å². The molecule has 0 amide bonds. The second kappa shape index (κ2) is 8.35. The maximum atomic E-state index is 9.00. The molecule has 0 aliphatic rings. The van der Waals surface area contributed by atoms with Gasteiger partial charge in [-0.05, 0) is 0 Å². The van der Waals surface area contributed by atoms with E-state index in [1.165, 1.54) is 0 Å². The van der Waals surface area contributed by atoms with Gasteiger partial charge in [-0.15, -0.1) is 0 Å². The van der Waals surface area contributed by atoms with Crippen LogP contribution in [0.5, 0.6) is 0 Å². The van der Waals surface area contributed by atoms with Gasteiger partial charge in [-0.2, -0.15) is 0 Å². The van der Waals surface area contributed by atoms with Crippen LogP contribution in [0.1, 0.15) is 6.92 Å². The molecule has 0 radical (unpaired) electrons. The zero-order valence-corrected chi connectivity index (χ0v) is 5.95. The van der Waals surface area contributed by atoms with Gasteiger partial charge >= 0.3 is 0 Å². The minimum atomic E-state index is -0.833. The van der Waals surface area contributed by atoms with Crippen LogP contribution in [-0.4, -0.2) is 35.4 Å². The van der Waals surface area contributed by atoms with Crippen LogP contribution in [0.15, 0.2) is 0 Å². The number of carboxylic acids is 1. The van der Waals surface area contributed by atoms with E-state index in [-0.39, 0.29) is 13.1 Å². The van der Waals surface area contributed by atoms with Gasteiger partial charge in [0.2, 0.25) is 0 Å². The second-order valence-electron chi connectivity index (χ2n) is 1.64. The van der Waals surface area contributed by atoms with E-state index in [0.29, 0.717) is 0 Å². The van der Waals surface area contributed by atoms with Gasteiger partial charge in [0, 0.05) is 20.0 Å². The molecule has 0 rings (SSSR count). The Balaban J connectivity index is 0. The van der Waals surface area contributed by atoms with Crippen molar-refractivity contribution in [1.29, 1.82) is 0 Å². The molecule has 5 heteroatoms. The van der Waals surface area contributed by atoms with E-state index in [2.05, 4.69) is 0 Å². The summed E-state index contributed by atoms with van der Waals surface area (Å²) < 4.78 is 0. The van der Waals surface area contributed by atoms with Crippen molar-refractivity contribution in [3.8, 4) is 0 Å². The normalized spacial score (nSPS) is 8.50. The van der Waals surface area contributed by atoms with Crippen LogP contribution in [-0.2, 0) is 4.79 Å². The summed E-state index contributed by atoms with van der Waals surface area (Å²) in [5, 5.41) is 15.8. The van der Waals surface area contributed by atoms with Crippen LogP contribution in [0.2, 0.25) is 0 Å². The third kappa shape index (κ3) is 26.4. The summed E-state index contributed by atoms with van der Waals surface area (Å²) in [6.45, 7) is 1.60. The quantitative estimate of drug-likeness (QED) is 0.377. The molecule has 0 aromatic heterocycles. The van der Waals surface area contributed by atoms with Crippen molar-refractivity contribution in [2.24, 2.45) is 11.5 Å². The number of aliphatic hydroxyl groups is 1. The van der Waals surface area contributed by atoms with Crippen molar-refractivity contribution >= 4 is 5.97 Å². The van der Waals surface area contributed by atoms with Crippen molar-refractivity contribution in [2.75, 3.05) is 13.1 Å². The van der Waals surface area contributed by atoms with Gasteiger partial charge in [0.1, 0.15) is 0 Å². The van der Waals surface area contributed by atoms with Crippen LogP contribution < -0.4 is 11.5 Å². The molecule has 10 heavy (non-hydrogen) atoms. The van der Waals surface area contributed by atoms with Gasteiger partial charge in [-0.3, -0.25) is 4.79 Å². The number of carboxylic acid groups (broad SMARTS) is 1. The topological polar surface area (TPSA) is 110 Å². The molecule has 5 nitrogen and oxygen atoms in total. The van der Waals surface area contributed by atoms with Crippen LogP contribution in [0.4, 0.5) is 0 Å². The lowest BCUT2D eigenvalue weighted by atomic mass is 10.4. The Hall–Kier alpha value is -0.650. The van der Waals surface area contributed by atoms with Crippen molar-refractivity contribution < 1.29 is 15.0 Å². The summed E-state index contributed by atoms with van der Waals surface area (Å²) in [4.78, 5) is 9.00. The van der Waals surface area contributed by atoms with Gasteiger partial charge in [-0.25, -0.2) is 0 Å². The van der Waals surface area contributed by atoms with E-state index in [4.69, 9.17) is 26.5 Å². The second-order valence-corrected chi connectivity index (χ2v) is 1.64. The van der Waals surface area contributed by atoms with Crippen LogP contribution in [0, 0.1) is 0 Å². The molecular weight excluding hydrogens is 136 g/mol. The highest BCUT2D eigenvalue weighted by Crippen LogP contribution is 1.66. The average molecular weight is 150 g/mol. The molecule has 0 unspecified atom stereocenters. The molecule has 0 aromatic rings. The van der Waals surface area contributed by atoms with Gasteiger partial charge in [-0.1, -0.05) is 0 Å². The summed E-state index contributed by atoms with van der Waals surface area (Å²) in [6, 6.07) is 0. The van der Waals surface area contributed by atoms with Crippen molar-refractivity contribution in [1.82, 2.24) is 0 Å². The molecule has 6 N–H and O–H groups in total. The lowest BCUT2D eigenvalue weighted by Gasteiger charge is -1.98.